The summed E-state index contributed by atoms with van der Waals surface area (Å²) in [5.41, 5.74) is 6.80. The van der Waals surface area contributed by atoms with Gasteiger partial charge in [0.25, 0.3) is 11.8 Å². The highest BCUT2D eigenvalue weighted by molar-refractivity contribution is 5.92. The van der Waals surface area contributed by atoms with E-state index in [0.717, 1.165) is 0 Å². The molecule has 2 amide bonds. The van der Waals surface area contributed by atoms with Crippen LogP contribution in [0.2, 0.25) is 0 Å². The number of morpholine rings is 1. The minimum Gasteiger partial charge on any atom is -0.378 e. The number of likely N-dealkylation sites (N-methyl/N-ethyl adjacent to an activating group) is 1. The molecule has 9 heteroatoms. The first-order valence-electron chi connectivity index (χ1n) is 9.95. The molecule has 1 aliphatic rings. The Morgan fingerprint density at radius 3 is 2.71 bits per heavy atom. The zero-order chi connectivity index (χ0) is 22.4. The van der Waals surface area contributed by atoms with Crippen molar-refractivity contribution in [3.63, 3.8) is 0 Å². The fourth-order valence-electron chi connectivity index (χ4n) is 2.96. The van der Waals surface area contributed by atoms with Crippen LogP contribution in [0, 0.1) is 11.8 Å². The van der Waals surface area contributed by atoms with E-state index in [4.69, 9.17) is 10.5 Å². The molecule has 3 rings (SSSR count). The average Bonchev–Trinajstić information content (AvgIpc) is 2.81. The second kappa shape index (κ2) is 10.0. The summed E-state index contributed by atoms with van der Waals surface area (Å²) < 4.78 is 5.38. The van der Waals surface area contributed by atoms with Crippen molar-refractivity contribution in [3.8, 4) is 23.2 Å². The third-order valence-electron chi connectivity index (χ3n) is 4.86. The predicted octanol–water partition coefficient (Wildman–Crippen LogP) is 0.270. The van der Waals surface area contributed by atoms with Crippen LogP contribution in [0.25, 0.3) is 11.4 Å². The van der Waals surface area contributed by atoms with Gasteiger partial charge >= 0.3 is 0 Å². The zero-order valence-corrected chi connectivity index (χ0v) is 17.5. The van der Waals surface area contributed by atoms with Crippen LogP contribution in [0.3, 0.4) is 0 Å². The molecule has 0 aliphatic carbocycles. The van der Waals surface area contributed by atoms with E-state index >= 15 is 0 Å². The Balaban J connectivity index is 1.91. The van der Waals surface area contributed by atoms with Gasteiger partial charge in [0.05, 0.1) is 13.2 Å². The molecular weight excluding hydrogens is 398 g/mol. The first kappa shape index (κ1) is 22.2. The molecule has 1 saturated heterocycles. The van der Waals surface area contributed by atoms with Gasteiger partial charge in [0.1, 0.15) is 11.5 Å². The van der Waals surface area contributed by atoms with Gasteiger partial charge in [0.15, 0.2) is 11.9 Å². The summed E-state index contributed by atoms with van der Waals surface area (Å²) in [5, 5.41) is 9.99. The van der Waals surface area contributed by atoms with Crippen molar-refractivity contribution >= 4 is 17.6 Å². The van der Waals surface area contributed by atoms with Crippen LogP contribution in [-0.2, 0) is 9.53 Å². The van der Waals surface area contributed by atoms with Gasteiger partial charge in [-0.15, -0.1) is 0 Å². The molecule has 1 atom stereocenters. The number of aliphatic hydroxyl groups excluding tert-OH is 1. The van der Waals surface area contributed by atoms with Crippen molar-refractivity contribution in [1.82, 2.24) is 14.9 Å². The Hall–Kier alpha value is -3.48. The van der Waals surface area contributed by atoms with Crippen molar-refractivity contribution in [3.05, 3.63) is 41.6 Å². The van der Waals surface area contributed by atoms with Crippen molar-refractivity contribution in [2.45, 2.75) is 13.0 Å². The number of primary amides is 1. The highest BCUT2D eigenvalue weighted by Crippen LogP contribution is 2.22. The summed E-state index contributed by atoms with van der Waals surface area (Å²) in [4.78, 5) is 36.1. The van der Waals surface area contributed by atoms with Gasteiger partial charge in [-0.2, -0.15) is 0 Å². The first-order valence-corrected chi connectivity index (χ1v) is 9.95. The maximum absolute atomic E-state index is 12.0. The lowest BCUT2D eigenvalue weighted by molar-refractivity contribution is -0.135. The minimum absolute atomic E-state index is 0.117. The topological polar surface area (TPSA) is 122 Å². The van der Waals surface area contributed by atoms with E-state index in [0.29, 0.717) is 55.6 Å². The molecule has 3 N–H and O–H groups in total. The van der Waals surface area contributed by atoms with E-state index in [1.165, 1.54) is 4.90 Å². The molecule has 0 spiro atoms. The fourth-order valence-corrected chi connectivity index (χ4v) is 2.96. The molecule has 0 radical (unpaired) electrons. The second-order valence-corrected chi connectivity index (χ2v) is 7.00. The second-order valence-electron chi connectivity index (χ2n) is 7.00. The number of aromatic nitrogens is 2. The third-order valence-corrected chi connectivity index (χ3v) is 4.86. The Bertz CT molecular complexity index is 1020. The van der Waals surface area contributed by atoms with Gasteiger partial charge < -0.3 is 25.4 Å². The number of amides is 2. The molecule has 0 unspecified atom stereocenters. The lowest BCUT2D eigenvalue weighted by Crippen LogP contribution is -2.37. The number of benzene rings is 1. The first-order chi connectivity index (χ1) is 14.9. The van der Waals surface area contributed by atoms with E-state index in [-0.39, 0.29) is 5.69 Å². The SMILES string of the molecule is CCN(C)C(=O)[C@H](O)C#Cc1cccc(-c2nc(C(N)=O)cc(N3CCOCC3)n2)c1. The maximum atomic E-state index is 12.0. The summed E-state index contributed by atoms with van der Waals surface area (Å²) in [7, 11) is 1.60. The van der Waals surface area contributed by atoms with E-state index in [1.54, 1.807) is 37.4 Å². The molecule has 9 nitrogen and oxygen atoms in total. The van der Waals surface area contributed by atoms with Crippen molar-refractivity contribution < 1.29 is 19.4 Å². The molecule has 2 heterocycles. The lowest BCUT2D eigenvalue weighted by atomic mass is 10.1. The van der Waals surface area contributed by atoms with Crippen LogP contribution in [-0.4, -0.2) is 77.8 Å². The molecule has 1 aromatic carbocycles. The number of hydrogen-bond acceptors (Lipinski definition) is 7. The highest BCUT2D eigenvalue weighted by Gasteiger charge is 2.18. The Morgan fingerprint density at radius 1 is 1.29 bits per heavy atom. The molecule has 31 heavy (non-hydrogen) atoms. The van der Waals surface area contributed by atoms with Gasteiger partial charge in [-0.3, -0.25) is 9.59 Å². The van der Waals surface area contributed by atoms with Crippen LogP contribution in [0.1, 0.15) is 23.0 Å². The summed E-state index contributed by atoms with van der Waals surface area (Å²) in [6, 6.07) is 8.61. The number of carbonyl (C=O) groups is 2. The van der Waals surface area contributed by atoms with E-state index in [1.807, 2.05) is 11.8 Å². The summed E-state index contributed by atoms with van der Waals surface area (Å²) >= 11 is 0. The number of hydrogen-bond donors (Lipinski definition) is 2. The standard InChI is InChI=1S/C22H25N5O4/c1-3-26(2)22(30)18(28)8-7-15-5-4-6-16(13-15)21-24-17(20(23)29)14-19(25-21)27-9-11-31-12-10-27/h4-6,13-14,18,28H,3,9-12H2,1-2H3,(H2,23,29)/t18-/m1/s1. The molecular formula is C22H25N5O4. The van der Waals surface area contributed by atoms with Crippen molar-refractivity contribution in [1.29, 1.82) is 0 Å². The predicted molar refractivity (Wildman–Crippen MR) is 115 cm³/mol. The summed E-state index contributed by atoms with van der Waals surface area (Å²) in [5.74, 6) is 5.20. The van der Waals surface area contributed by atoms with Crippen LogP contribution >= 0.6 is 0 Å². The van der Waals surface area contributed by atoms with Gasteiger partial charge in [-0.25, -0.2) is 9.97 Å². The molecule has 162 valence electrons. The minimum atomic E-state index is -1.41. The van der Waals surface area contributed by atoms with Crippen LogP contribution in [0.5, 0.6) is 0 Å². The maximum Gasteiger partial charge on any atom is 0.267 e. The Kier molecular flexibility index (Phi) is 7.18. The number of carbonyl (C=O) groups excluding carboxylic acids is 2. The average molecular weight is 423 g/mol. The Morgan fingerprint density at radius 2 is 2.03 bits per heavy atom. The molecule has 1 fully saturated rings. The highest BCUT2D eigenvalue weighted by atomic mass is 16.5. The van der Waals surface area contributed by atoms with Crippen LogP contribution in [0.4, 0.5) is 5.82 Å². The Labute approximate surface area is 180 Å². The molecule has 2 aromatic rings. The molecule has 0 bridgehead atoms. The number of aliphatic hydroxyl groups is 1. The summed E-state index contributed by atoms with van der Waals surface area (Å²) in [6.07, 6.45) is -1.41. The number of anilines is 1. The zero-order valence-electron chi connectivity index (χ0n) is 17.5. The quantitative estimate of drug-likeness (QED) is 0.662. The van der Waals surface area contributed by atoms with Gasteiger partial charge in [-0.1, -0.05) is 24.0 Å². The lowest BCUT2D eigenvalue weighted by Gasteiger charge is -2.28. The van der Waals surface area contributed by atoms with Gasteiger partial charge in [0, 0.05) is 43.9 Å². The summed E-state index contributed by atoms with van der Waals surface area (Å²) in [6.45, 7) is 4.74. The van der Waals surface area contributed by atoms with Crippen LogP contribution in [0.15, 0.2) is 30.3 Å². The normalized spacial score (nSPS) is 14.4. The number of nitrogens with zero attached hydrogens (tertiary/aromatic N) is 4. The largest absolute Gasteiger partial charge is 0.378 e. The molecule has 1 aliphatic heterocycles. The van der Waals surface area contributed by atoms with Crippen LogP contribution < -0.4 is 10.6 Å². The smallest absolute Gasteiger partial charge is 0.267 e. The number of rotatable bonds is 5. The number of nitrogens with two attached hydrogens (primary N) is 1. The van der Waals surface area contributed by atoms with Gasteiger partial charge in [-0.05, 0) is 19.1 Å². The van der Waals surface area contributed by atoms with Crippen molar-refractivity contribution in [2.75, 3.05) is 44.8 Å². The monoisotopic (exact) mass is 423 g/mol. The molecule has 0 saturated carbocycles. The fraction of sp³-hybridized carbons (Fsp3) is 0.364. The molecule has 1 aromatic heterocycles. The van der Waals surface area contributed by atoms with E-state index < -0.39 is 17.9 Å². The van der Waals surface area contributed by atoms with Crippen molar-refractivity contribution in [2.24, 2.45) is 5.73 Å². The van der Waals surface area contributed by atoms with E-state index in [9.17, 15) is 14.7 Å². The van der Waals surface area contributed by atoms with E-state index in [2.05, 4.69) is 21.8 Å². The third kappa shape index (κ3) is 5.57. The number of ether oxygens (including phenoxy) is 1. The van der Waals surface area contributed by atoms with Gasteiger partial charge in [0.2, 0.25) is 0 Å².